The van der Waals surface area contributed by atoms with E-state index in [2.05, 4.69) is 5.32 Å². The van der Waals surface area contributed by atoms with Crippen LogP contribution in [0.2, 0.25) is 0 Å². The maximum atomic E-state index is 12.2. The molecule has 0 aromatic heterocycles. The van der Waals surface area contributed by atoms with Gasteiger partial charge in [-0.2, -0.15) is 0 Å². The lowest BCUT2D eigenvalue weighted by Gasteiger charge is -2.27. The van der Waals surface area contributed by atoms with E-state index in [9.17, 15) is 9.59 Å². The highest BCUT2D eigenvalue weighted by atomic mass is 16.5. The molecule has 1 fully saturated rings. The Bertz CT molecular complexity index is 495. The first-order valence-electron chi connectivity index (χ1n) is 6.11. The second kappa shape index (κ2) is 4.33. The SMILES string of the molecule is O=C1Nc2ccccc2O[C@@H]1C(=O)N1CCCC1. The molecule has 2 heterocycles. The standard InChI is InChI=1S/C13H14N2O3/c16-12-11(13(17)15-7-3-4-8-15)18-10-6-2-1-5-9(10)14-12/h1-2,5-6,11H,3-4,7-8H2,(H,14,16)/t11-/m0/s1. The molecule has 94 valence electrons. The van der Waals surface area contributed by atoms with E-state index in [0.29, 0.717) is 24.5 Å². The van der Waals surface area contributed by atoms with Crippen LogP contribution in [0.3, 0.4) is 0 Å². The zero-order valence-corrected chi connectivity index (χ0v) is 9.89. The topological polar surface area (TPSA) is 58.6 Å². The number of anilines is 1. The van der Waals surface area contributed by atoms with E-state index in [1.54, 1.807) is 17.0 Å². The van der Waals surface area contributed by atoms with E-state index in [4.69, 9.17) is 4.74 Å². The van der Waals surface area contributed by atoms with Gasteiger partial charge in [0.25, 0.3) is 17.9 Å². The van der Waals surface area contributed by atoms with Crippen LogP contribution < -0.4 is 10.1 Å². The lowest BCUT2D eigenvalue weighted by atomic mass is 10.2. The number of nitrogens with one attached hydrogen (secondary N) is 1. The molecule has 1 aromatic rings. The van der Waals surface area contributed by atoms with Crippen molar-refractivity contribution in [3.05, 3.63) is 24.3 Å². The predicted octanol–water partition coefficient (Wildman–Crippen LogP) is 1.01. The number of fused-ring (bicyclic) bond motifs is 1. The number of para-hydroxylation sites is 2. The summed E-state index contributed by atoms with van der Waals surface area (Å²) in [5.74, 6) is -0.0697. The molecule has 0 saturated carbocycles. The molecule has 5 nitrogen and oxygen atoms in total. The molecule has 1 saturated heterocycles. The summed E-state index contributed by atoms with van der Waals surface area (Å²) in [6, 6.07) is 7.13. The number of likely N-dealkylation sites (tertiary alicyclic amines) is 1. The smallest absolute Gasteiger partial charge is 0.275 e. The van der Waals surface area contributed by atoms with Crippen LogP contribution in [0.5, 0.6) is 5.75 Å². The molecule has 2 aliphatic heterocycles. The molecule has 0 spiro atoms. The van der Waals surface area contributed by atoms with Crippen LogP contribution in [-0.4, -0.2) is 35.9 Å². The molecule has 0 radical (unpaired) electrons. The van der Waals surface area contributed by atoms with Crippen molar-refractivity contribution < 1.29 is 14.3 Å². The van der Waals surface area contributed by atoms with Gasteiger partial charge in [0.1, 0.15) is 5.75 Å². The lowest BCUT2D eigenvalue weighted by Crippen LogP contribution is -2.49. The lowest BCUT2D eigenvalue weighted by molar-refractivity contribution is -0.143. The molecule has 2 aliphatic rings. The number of carbonyl (C=O) groups excluding carboxylic acids is 2. The van der Waals surface area contributed by atoms with Crippen LogP contribution >= 0.6 is 0 Å². The molecule has 1 atom stereocenters. The molecule has 1 N–H and O–H groups in total. The van der Waals surface area contributed by atoms with Crippen molar-refractivity contribution in [2.24, 2.45) is 0 Å². The van der Waals surface area contributed by atoms with Gasteiger partial charge in [-0.25, -0.2) is 0 Å². The van der Waals surface area contributed by atoms with Gasteiger partial charge in [-0.1, -0.05) is 12.1 Å². The van der Waals surface area contributed by atoms with E-state index < -0.39 is 6.10 Å². The number of carbonyl (C=O) groups is 2. The highest BCUT2D eigenvalue weighted by molar-refractivity contribution is 6.11. The van der Waals surface area contributed by atoms with Gasteiger partial charge >= 0.3 is 0 Å². The first-order chi connectivity index (χ1) is 8.75. The summed E-state index contributed by atoms with van der Waals surface area (Å²) in [5.41, 5.74) is 0.618. The number of rotatable bonds is 1. The molecular formula is C13H14N2O3. The number of benzene rings is 1. The maximum Gasteiger partial charge on any atom is 0.275 e. The van der Waals surface area contributed by atoms with Gasteiger partial charge < -0.3 is 15.0 Å². The zero-order valence-electron chi connectivity index (χ0n) is 9.89. The Balaban J connectivity index is 1.82. The van der Waals surface area contributed by atoms with Crippen molar-refractivity contribution in [2.75, 3.05) is 18.4 Å². The summed E-state index contributed by atoms with van der Waals surface area (Å²) in [6.07, 6.45) is 0.950. The second-order valence-electron chi connectivity index (χ2n) is 4.52. The molecule has 2 amide bonds. The average Bonchev–Trinajstić information content (AvgIpc) is 2.91. The van der Waals surface area contributed by atoms with Gasteiger partial charge in [-0.3, -0.25) is 9.59 Å². The molecule has 0 unspecified atom stereocenters. The number of hydrogen-bond acceptors (Lipinski definition) is 3. The summed E-state index contributed by atoms with van der Waals surface area (Å²) in [4.78, 5) is 25.7. The van der Waals surface area contributed by atoms with Crippen molar-refractivity contribution in [3.8, 4) is 5.75 Å². The minimum atomic E-state index is -1.04. The Morgan fingerprint density at radius 3 is 2.78 bits per heavy atom. The maximum absolute atomic E-state index is 12.2. The molecule has 3 rings (SSSR count). The highest BCUT2D eigenvalue weighted by Crippen LogP contribution is 2.29. The number of hydrogen-bond donors (Lipinski definition) is 1. The van der Waals surface area contributed by atoms with Crippen molar-refractivity contribution in [1.29, 1.82) is 0 Å². The Hall–Kier alpha value is -2.04. The zero-order chi connectivity index (χ0) is 12.5. The largest absolute Gasteiger partial charge is 0.468 e. The Morgan fingerprint density at radius 1 is 1.28 bits per heavy atom. The van der Waals surface area contributed by atoms with E-state index in [1.165, 1.54) is 0 Å². The van der Waals surface area contributed by atoms with Crippen molar-refractivity contribution in [1.82, 2.24) is 4.90 Å². The van der Waals surface area contributed by atoms with Gasteiger partial charge in [0.15, 0.2) is 0 Å². The summed E-state index contributed by atoms with van der Waals surface area (Å²) in [7, 11) is 0. The minimum absolute atomic E-state index is 0.237. The van der Waals surface area contributed by atoms with E-state index >= 15 is 0 Å². The number of amides is 2. The quantitative estimate of drug-likeness (QED) is 0.752. The molecule has 1 aromatic carbocycles. The third-order valence-electron chi connectivity index (χ3n) is 3.27. The van der Waals surface area contributed by atoms with Gasteiger partial charge in [-0.15, -0.1) is 0 Å². The van der Waals surface area contributed by atoms with Gasteiger partial charge in [0, 0.05) is 13.1 Å². The van der Waals surface area contributed by atoms with Crippen molar-refractivity contribution >= 4 is 17.5 Å². The minimum Gasteiger partial charge on any atom is -0.468 e. The van der Waals surface area contributed by atoms with Crippen LogP contribution in [-0.2, 0) is 9.59 Å². The highest BCUT2D eigenvalue weighted by Gasteiger charge is 2.37. The van der Waals surface area contributed by atoms with Crippen LogP contribution in [0.25, 0.3) is 0 Å². The van der Waals surface area contributed by atoms with Gasteiger partial charge in [0.05, 0.1) is 5.69 Å². The molecule has 18 heavy (non-hydrogen) atoms. The monoisotopic (exact) mass is 246 g/mol. The first-order valence-corrected chi connectivity index (χ1v) is 6.11. The fraction of sp³-hybridized carbons (Fsp3) is 0.385. The van der Waals surface area contributed by atoms with Crippen molar-refractivity contribution in [3.63, 3.8) is 0 Å². The Labute approximate surface area is 105 Å². The van der Waals surface area contributed by atoms with E-state index in [0.717, 1.165) is 12.8 Å². The molecule has 0 aliphatic carbocycles. The summed E-state index contributed by atoms with van der Waals surface area (Å²) >= 11 is 0. The molecule has 0 bridgehead atoms. The van der Waals surface area contributed by atoms with Crippen LogP contribution in [0, 0.1) is 0 Å². The van der Waals surface area contributed by atoms with Crippen LogP contribution in [0.4, 0.5) is 5.69 Å². The fourth-order valence-corrected chi connectivity index (χ4v) is 2.32. The fourth-order valence-electron chi connectivity index (χ4n) is 2.32. The summed E-state index contributed by atoms with van der Waals surface area (Å²) in [6.45, 7) is 1.43. The van der Waals surface area contributed by atoms with Crippen molar-refractivity contribution in [2.45, 2.75) is 18.9 Å². The third-order valence-corrected chi connectivity index (χ3v) is 3.27. The summed E-state index contributed by atoms with van der Waals surface area (Å²) in [5, 5.41) is 2.70. The Morgan fingerprint density at radius 2 is 2.00 bits per heavy atom. The average molecular weight is 246 g/mol. The van der Waals surface area contributed by atoms with Crippen LogP contribution in [0.1, 0.15) is 12.8 Å². The summed E-state index contributed by atoms with van der Waals surface area (Å²) < 4.78 is 5.52. The van der Waals surface area contributed by atoms with Gasteiger partial charge in [-0.05, 0) is 25.0 Å². The number of ether oxygens (including phenoxy) is 1. The molecular weight excluding hydrogens is 232 g/mol. The van der Waals surface area contributed by atoms with Crippen LogP contribution in [0.15, 0.2) is 24.3 Å². The third kappa shape index (κ3) is 1.81. The predicted molar refractivity (Wildman–Crippen MR) is 65.3 cm³/mol. The number of nitrogens with zero attached hydrogens (tertiary/aromatic N) is 1. The van der Waals surface area contributed by atoms with Gasteiger partial charge in [0.2, 0.25) is 0 Å². The normalized spacial score (nSPS) is 22.1. The van der Waals surface area contributed by atoms with E-state index in [1.807, 2.05) is 12.1 Å². The molecule has 5 heteroatoms. The van der Waals surface area contributed by atoms with E-state index in [-0.39, 0.29) is 11.8 Å². The Kier molecular flexibility index (Phi) is 2.66. The second-order valence-corrected chi connectivity index (χ2v) is 4.52. The first kappa shape index (κ1) is 11.1.